The zero-order chi connectivity index (χ0) is 14.2. The van der Waals surface area contributed by atoms with Gasteiger partial charge in [0.15, 0.2) is 0 Å². The Bertz CT molecular complexity index is 516. The van der Waals surface area contributed by atoms with Crippen LogP contribution in [0.15, 0.2) is 24.3 Å². The van der Waals surface area contributed by atoms with Crippen LogP contribution < -0.4 is 5.32 Å². The summed E-state index contributed by atoms with van der Waals surface area (Å²) in [5.74, 6) is -2.58. The summed E-state index contributed by atoms with van der Waals surface area (Å²) in [5.41, 5.74) is -0.670. The maximum absolute atomic E-state index is 12.9. The van der Waals surface area contributed by atoms with E-state index in [1.165, 1.54) is 31.2 Å². The summed E-state index contributed by atoms with van der Waals surface area (Å²) in [7, 11) is 0. The Balaban J connectivity index is 2.38. The Morgan fingerprint density at radius 3 is 2.37 bits per heavy atom. The minimum atomic E-state index is -1.24. The maximum Gasteiger partial charge on any atom is 0.320 e. The van der Waals surface area contributed by atoms with E-state index in [1.54, 1.807) is 0 Å². The number of carboxylic acids is 2. The molecule has 0 spiro atoms. The first-order valence-corrected chi connectivity index (χ1v) is 5.82. The van der Waals surface area contributed by atoms with Gasteiger partial charge in [0.05, 0.1) is 5.41 Å². The fourth-order valence-electron chi connectivity index (χ4n) is 2.47. The average molecular weight is 267 g/mol. The molecule has 5 nitrogen and oxygen atoms in total. The molecular formula is C13H14FNO4. The standard InChI is InChI=1S/C13H14FNO4/c1-13(12(18)19)6-9(11(16)17)15-10(13)7-2-4-8(14)5-3-7/h2-5,9-10,15H,6H2,1H3,(H,16,17)(H,18,19). The first-order valence-electron chi connectivity index (χ1n) is 5.82. The number of benzene rings is 1. The van der Waals surface area contributed by atoms with Crippen LogP contribution in [0.25, 0.3) is 0 Å². The third-order valence-electron chi connectivity index (χ3n) is 3.62. The van der Waals surface area contributed by atoms with Crippen molar-refractivity contribution in [2.75, 3.05) is 0 Å². The quantitative estimate of drug-likeness (QED) is 0.770. The molecule has 19 heavy (non-hydrogen) atoms. The fraction of sp³-hybridized carbons (Fsp3) is 0.385. The highest BCUT2D eigenvalue weighted by Gasteiger charge is 2.51. The minimum absolute atomic E-state index is 0.0142. The molecule has 3 N–H and O–H groups in total. The van der Waals surface area contributed by atoms with Gasteiger partial charge in [-0.25, -0.2) is 4.39 Å². The zero-order valence-electron chi connectivity index (χ0n) is 10.3. The summed E-state index contributed by atoms with van der Waals surface area (Å²) < 4.78 is 12.9. The summed E-state index contributed by atoms with van der Waals surface area (Å²) in [6, 6.07) is 3.82. The number of carboxylic acid groups (broad SMARTS) is 2. The van der Waals surface area contributed by atoms with Gasteiger partial charge in [-0.2, -0.15) is 0 Å². The monoisotopic (exact) mass is 267 g/mol. The number of aliphatic carboxylic acids is 2. The largest absolute Gasteiger partial charge is 0.481 e. The second kappa shape index (κ2) is 4.62. The highest BCUT2D eigenvalue weighted by Crippen LogP contribution is 2.43. The predicted molar refractivity (Wildman–Crippen MR) is 64.1 cm³/mol. The molecule has 0 amide bonds. The van der Waals surface area contributed by atoms with Crippen molar-refractivity contribution in [2.24, 2.45) is 5.41 Å². The van der Waals surface area contributed by atoms with Gasteiger partial charge in [-0.05, 0) is 31.0 Å². The molecule has 0 radical (unpaired) electrons. The van der Waals surface area contributed by atoms with Crippen LogP contribution in [0.1, 0.15) is 24.9 Å². The summed E-state index contributed by atoms with van der Waals surface area (Å²) in [5, 5.41) is 21.2. The van der Waals surface area contributed by atoms with Crippen molar-refractivity contribution in [1.82, 2.24) is 5.32 Å². The number of hydrogen-bond donors (Lipinski definition) is 3. The van der Waals surface area contributed by atoms with Crippen LogP contribution in [0.2, 0.25) is 0 Å². The zero-order valence-corrected chi connectivity index (χ0v) is 10.3. The highest BCUT2D eigenvalue weighted by molar-refractivity contribution is 5.81. The fourth-order valence-corrected chi connectivity index (χ4v) is 2.47. The van der Waals surface area contributed by atoms with E-state index in [1.807, 2.05) is 0 Å². The smallest absolute Gasteiger partial charge is 0.320 e. The number of hydrogen-bond acceptors (Lipinski definition) is 3. The Hall–Kier alpha value is -1.95. The molecule has 1 fully saturated rings. The SMILES string of the molecule is CC1(C(=O)O)CC(C(=O)O)NC1c1ccc(F)cc1. The molecule has 0 aromatic heterocycles. The molecule has 1 aliphatic heterocycles. The first-order chi connectivity index (χ1) is 8.84. The molecule has 1 saturated heterocycles. The lowest BCUT2D eigenvalue weighted by Crippen LogP contribution is -2.34. The van der Waals surface area contributed by atoms with Gasteiger partial charge in [-0.1, -0.05) is 12.1 Å². The van der Waals surface area contributed by atoms with Crippen molar-refractivity contribution in [3.63, 3.8) is 0 Å². The molecule has 0 saturated carbocycles. The van der Waals surface area contributed by atoms with E-state index >= 15 is 0 Å². The summed E-state index contributed by atoms with van der Waals surface area (Å²) in [6.07, 6.45) is -0.0142. The topological polar surface area (TPSA) is 86.6 Å². The van der Waals surface area contributed by atoms with Gasteiger partial charge in [-0.15, -0.1) is 0 Å². The highest BCUT2D eigenvalue weighted by atomic mass is 19.1. The molecule has 102 valence electrons. The van der Waals surface area contributed by atoms with Crippen molar-refractivity contribution >= 4 is 11.9 Å². The van der Waals surface area contributed by atoms with Crippen molar-refractivity contribution in [3.8, 4) is 0 Å². The molecule has 1 heterocycles. The average Bonchev–Trinajstić information content (AvgIpc) is 2.70. The lowest BCUT2D eigenvalue weighted by Gasteiger charge is -2.26. The number of nitrogens with one attached hydrogen (secondary N) is 1. The lowest BCUT2D eigenvalue weighted by molar-refractivity contribution is -0.148. The van der Waals surface area contributed by atoms with Crippen molar-refractivity contribution < 1.29 is 24.2 Å². The Morgan fingerprint density at radius 1 is 1.32 bits per heavy atom. The van der Waals surface area contributed by atoms with Gasteiger partial charge < -0.3 is 10.2 Å². The summed E-state index contributed by atoms with van der Waals surface area (Å²) in [6.45, 7) is 1.50. The number of carbonyl (C=O) groups is 2. The molecule has 6 heteroatoms. The van der Waals surface area contributed by atoms with Crippen molar-refractivity contribution in [1.29, 1.82) is 0 Å². The molecule has 1 aliphatic rings. The van der Waals surface area contributed by atoms with Gasteiger partial charge in [0.2, 0.25) is 0 Å². The Morgan fingerprint density at radius 2 is 1.89 bits per heavy atom. The van der Waals surface area contributed by atoms with E-state index in [0.29, 0.717) is 5.56 Å². The van der Waals surface area contributed by atoms with Gasteiger partial charge in [0, 0.05) is 6.04 Å². The number of rotatable bonds is 3. The van der Waals surface area contributed by atoms with Crippen molar-refractivity contribution in [2.45, 2.75) is 25.4 Å². The summed E-state index contributed by atoms with van der Waals surface area (Å²) in [4.78, 5) is 22.5. The van der Waals surface area contributed by atoms with Crippen LogP contribution >= 0.6 is 0 Å². The van der Waals surface area contributed by atoms with E-state index in [9.17, 15) is 19.1 Å². The van der Waals surface area contributed by atoms with Gasteiger partial charge >= 0.3 is 11.9 Å². The molecule has 2 rings (SSSR count). The van der Waals surface area contributed by atoms with Crippen LogP contribution in [0, 0.1) is 11.2 Å². The molecule has 0 bridgehead atoms. The van der Waals surface area contributed by atoms with E-state index in [4.69, 9.17) is 5.11 Å². The van der Waals surface area contributed by atoms with E-state index in [0.717, 1.165) is 0 Å². The van der Waals surface area contributed by atoms with Gasteiger partial charge in [-0.3, -0.25) is 14.9 Å². The Kier molecular flexibility index (Phi) is 3.28. The number of halogens is 1. The Labute approximate surface area is 109 Å². The molecular weight excluding hydrogens is 253 g/mol. The minimum Gasteiger partial charge on any atom is -0.481 e. The van der Waals surface area contributed by atoms with Crippen LogP contribution in [0.4, 0.5) is 4.39 Å². The van der Waals surface area contributed by atoms with Crippen LogP contribution in [-0.2, 0) is 9.59 Å². The first kappa shape index (κ1) is 13.5. The molecule has 0 aliphatic carbocycles. The van der Waals surface area contributed by atoms with Crippen LogP contribution in [0.5, 0.6) is 0 Å². The summed E-state index contributed by atoms with van der Waals surface area (Å²) >= 11 is 0. The van der Waals surface area contributed by atoms with E-state index in [-0.39, 0.29) is 6.42 Å². The molecule has 3 atom stereocenters. The lowest BCUT2D eigenvalue weighted by atomic mass is 9.78. The maximum atomic E-state index is 12.9. The normalized spacial score (nSPS) is 30.2. The van der Waals surface area contributed by atoms with Crippen molar-refractivity contribution in [3.05, 3.63) is 35.6 Å². The van der Waals surface area contributed by atoms with Crippen LogP contribution in [0.3, 0.4) is 0 Å². The third-order valence-corrected chi connectivity index (χ3v) is 3.62. The molecule has 1 aromatic carbocycles. The van der Waals surface area contributed by atoms with E-state index in [2.05, 4.69) is 5.32 Å². The molecule has 1 aromatic rings. The predicted octanol–water partition coefficient (Wildman–Crippen LogP) is 1.40. The van der Waals surface area contributed by atoms with Gasteiger partial charge in [0.1, 0.15) is 11.9 Å². The molecule has 3 unspecified atom stereocenters. The third kappa shape index (κ3) is 2.31. The van der Waals surface area contributed by atoms with E-state index < -0.39 is 35.3 Å². The second-order valence-electron chi connectivity index (χ2n) is 4.97. The van der Waals surface area contributed by atoms with Gasteiger partial charge in [0.25, 0.3) is 0 Å². The second-order valence-corrected chi connectivity index (χ2v) is 4.97. The van der Waals surface area contributed by atoms with Crippen LogP contribution in [-0.4, -0.2) is 28.2 Å².